The molecule has 2 heterocycles. The minimum Gasteiger partial charge on any atom is -0.488 e. The number of fused-ring (bicyclic) bond motifs is 1. The molecule has 0 spiro atoms. The third kappa shape index (κ3) is 4.70. The molecule has 6 heteroatoms. The summed E-state index contributed by atoms with van der Waals surface area (Å²) in [5.74, 6) is 0.719. The van der Waals surface area contributed by atoms with Gasteiger partial charge in [-0.3, -0.25) is 4.79 Å². The molecule has 2 unspecified atom stereocenters. The largest absolute Gasteiger partial charge is 0.488 e. The van der Waals surface area contributed by atoms with Crippen molar-refractivity contribution in [3.8, 4) is 5.75 Å². The van der Waals surface area contributed by atoms with E-state index >= 15 is 0 Å². The van der Waals surface area contributed by atoms with E-state index in [4.69, 9.17) is 4.74 Å². The van der Waals surface area contributed by atoms with Crippen LogP contribution >= 0.6 is 0 Å². The highest BCUT2D eigenvalue weighted by atomic mass is 16.5. The summed E-state index contributed by atoms with van der Waals surface area (Å²) in [6.45, 7) is 3.58. The van der Waals surface area contributed by atoms with Gasteiger partial charge in [0.2, 0.25) is 5.91 Å². The molecule has 2 atom stereocenters. The van der Waals surface area contributed by atoms with E-state index in [1.54, 1.807) is 4.90 Å². The van der Waals surface area contributed by atoms with Crippen molar-refractivity contribution in [1.29, 1.82) is 0 Å². The average molecular weight is 393 g/mol. The number of rotatable bonds is 4. The molecular weight excluding hydrogens is 366 g/mol. The number of anilines is 1. The number of nitrogens with one attached hydrogen (secondary N) is 2. The van der Waals surface area contributed by atoms with Gasteiger partial charge in [-0.25, -0.2) is 4.79 Å². The average Bonchev–Trinajstić information content (AvgIpc) is 3.15. The van der Waals surface area contributed by atoms with Crippen molar-refractivity contribution < 1.29 is 14.3 Å². The third-order valence-electron chi connectivity index (χ3n) is 5.57. The minimum atomic E-state index is -0.184. The Kier molecular flexibility index (Phi) is 5.69. The van der Waals surface area contributed by atoms with Gasteiger partial charge in [0.1, 0.15) is 11.9 Å². The summed E-state index contributed by atoms with van der Waals surface area (Å²) in [6, 6.07) is 15.5. The molecule has 0 saturated carbocycles. The van der Waals surface area contributed by atoms with Gasteiger partial charge in [0.25, 0.3) is 0 Å². The quantitative estimate of drug-likeness (QED) is 0.837. The van der Waals surface area contributed by atoms with Gasteiger partial charge in [-0.15, -0.1) is 0 Å². The highest BCUT2D eigenvalue weighted by molar-refractivity contribution is 5.90. The van der Waals surface area contributed by atoms with E-state index in [-0.39, 0.29) is 24.0 Å². The number of ether oxygens (including phenoxy) is 1. The van der Waals surface area contributed by atoms with Crippen LogP contribution in [-0.4, -0.2) is 42.6 Å². The Hall–Kier alpha value is -3.02. The molecule has 4 rings (SSSR count). The van der Waals surface area contributed by atoms with Crippen molar-refractivity contribution in [3.63, 3.8) is 0 Å². The lowest BCUT2D eigenvalue weighted by Gasteiger charge is -2.32. The highest BCUT2D eigenvalue weighted by Crippen LogP contribution is 2.28. The van der Waals surface area contributed by atoms with Crippen LogP contribution in [0.25, 0.3) is 0 Å². The lowest BCUT2D eigenvalue weighted by Crippen LogP contribution is -2.48. The second-order valence-corrected chi connectivity index (χ2v) is 7.88. The number of carbonyl (C=O) groups excluding carboxylic acids is 2. The van der Waals surface area contributed by atoms with Gasteiger partial charge < -0.3 is 20.3 Å². The predicted octanol–water partition coefficient (Wildman–Crippen LogP) is 3.36. The van der Waals surface area contributed by atoms with Gasteiger partial charge in [0.05, 0.1) is 12.5 Å². The number of nitrogens with zero attached hydrogens (tertiary/aromatic N) is 1. The molecule has 2 aliphatic rings. The van der Waals surface area contributed by atoms with Gasteiger partial charge in [-0.05, 0) is 49.1 Å². The lowest BCUT2D eigenvalue weighted by molar-refractivity contribution is -0.126. The Labute approximate surface area is 171 Å². The smallest absolute Gasteiger partial charge is 0.321 e. The number of likely N-dealkylation sites (tertiary alicyclic amines) is 1. The highest BCUT2D eigenvalue weighted by Gasteiger charge is 2.30. The van der Waals surface area contributed by atoms with E-state index in [0.29, 0.717) is 19.6 Å². The number of carbonyl (C=O) groups is 2. The molecule has 29 heavy (non-hydrogen) atoms. The number of benzene rings is 2. The first-order valence-electron chi connectivity index (χ1n) is 10.2. The summed E-state index contributed by atoms with van der Waals surface area (Å²) in [5.41, 5.74) is 3.05. The topological polar surface area (TPSA) is 70.7 Å². The van der Waals surface area contributed by atoms with E-state index < -0.39 is 0 Å². The van der Waals surface area contributed by atoms with E-state index in [2.05, 4.69) is 16.7 Å². The Morgan fingerprint density at radius 3 is 2.86 bits per heavy atom. The summed E-state index contributed by atoms with van der Waals surface area (Å²) in [5, 5.41) is 5.96. The Bertz CT molecular complexity index is 873. The van der Waals surface area contributed by atoms with Gasteiger partial charge in [-0.1, -0.05) is 30.3 Å². The monoisotopic (exact) mass is 393 g/mol. The summed E-state index contributed by atoms with van der Waals surface area (Å²) in [6.07, 6.45) is 2.41. The first kappa shape index (κ1) is 19.3. The Morgan fingerprint density at radius 1 is 1.17 bits per heavy atom. The third-order valence-corrected chi connectivity index (χ3v) is 5.57. The maximum absolute atomic E-state index is 12.7. The summed E-state index contributed by atoms with van der Waals surface area (Å²) in [7, 11) is 0. The molecule has 3 amide bonds. The Morgan fingerprint density at radius 2 is 2.03 bits per heavy atom. The van der Waals surface area contributed by atoms with Crippen LogP contribution in [0.15, 0.2) is 48.5 Å². The van der Waals surface area contributed by atoms with E-state index in [0.717, 1.165) is 36.3 Å². The van der Waals surface area contributed by atoms with Crippen molar-refractivity contribution >= 4 is 17.6 Å². The zero-order valence-corrected chi connectivity index (χ0v) is 16.7. The SMILES string of the molecule is Cc1cccc(NC(=O)N2CCCC(C(=O)NCC3Cc4ccccc4O3)C2)c1. The summed E-state index contributed by atoms with van der Waals surface area (Å²) >= 11 is 0. The summed E-state index contributed by atoms with van der Waals surface area (Å²) in [4.78, 5) is 27.0. The van der Waals surface area contributed by atoms with Gasteiger partial charge in [-0.2, -0.15) is 0 Å². The fourth-order valence-corrected chi connectivity index (χ4v) is 4.03. The lowest BCUT2D eigenvalue weighted by atomic mass is 9.97. The number of aryl methyl sites for hydroxylation is 1. The van der Waals surface area contributed by atoms with Crippen LogP contribution in [0.1, 0.15) is 24.0 Å². The zero-order valence-electron chi connectivity index (χ0n) is 16.7. The number of hydrogen-bond acceptors (Lipinski definition) is 3. The fraction of sp³-hybridized carbons (Fsp3) is 0.391. The van der Waals surface area contributed by atoms with Gasteiger partial charge >= 0.3 is 6.03 Å². The van der Waals surface area contributed by atoms with Crippen LogP contribution in [0.4, 0.5) is 10.5 Å². The molecule has 2 N–H and O–H groups in total. The number of para-hydroxylation sites is 1. The number of amides is 3. The van der Waals surface area contributed by atoms with Crippen molar-refractivity contribution in [1.82, 2.24) is 10.2 Å². The van der Waals surface area contributed by atoms with Crippen LogP contribution in [0.3, 0.4) is 0 Å². The summed E-state index contributed by atoms with van der Waals surface area (Å²) < 4.78 is 5.89. The van der Waals surface area contributed by atoms with Crippen LogP contribution in [0, 0.1) is 12.8 Å². The molecule has 2 aromatic rings. The molecule has 0 radical (unpaired) electrons. The zero-order chi connectivity index (χ0) is 20.2. The van der Waals surface area contributed by atoms with Crippen molar-refractivity contribution in [3.05, 3.63) is 59.7 Å². The van der Waals surface area contributed by atoms with Gasteiger partial charge in [0, 0.05) is 25.2 Å². The van der Waals surface area contributed by atoms with Crippen LogP contribution < -0.4 is 15.4 Å². The normalized spacial score (nSPS) is 20.5. The van der Waals surface area contributed by atoms with Crippen LogP contribution in [0.2, 0.25) is 0 Å². The Balaban J connectivity index is 1.27. The maximum Gasteiger partial charge on any atom is 0.321 e. The number of piperidine rings is 1. The maximum atomic E-state index is 12.7. The predicted molar refractivity (Wildman–Crippen MR) is 112 cm³/mol. The molecule has 1 fully saturated rings. The molecule has 2 aliphatic heterocycles. The standard InChI is InChI=1S/C23H27N3O3/c1-16-6-4-9-19(12-16)25-23(28)26-11-5-8-18(15-26)22(27)24-14-20-13-17-7-2-3-10-21(17)29-20/h2-4,6-7,9-10,12,18,20H,5,8,11,13-15H2,1H3,(H,24,27)(H,25,28). The number of urea groups is 1. The molecule has 0 aliphatic carbocycles. The second-order valence-electron chi connectivity index (χ2n) is 7.88. The first-order chi connectivity index (χ1) is 14.1. The molecule has 6 nitrogen and oxygen atoms in total. The van der Waals surface area contributed by atoms with E-state index in [1.165, 1.54) is 5.56 Å². The van der Waals surface area contributed by atoms with E-state index in [1.807, 2.05) is 49.4 Å². The van der Waals surface area contributed by atoms with Gasteiger partial charge in [0.15, 0.2) is 0 Å². The molecule has 0 bridgehead atoms. The van der Waals surface area contributed by atoms with Crippen molar-refractivity contribution in [2.45, 2.75) is 32.3 Å². The molecular formula is C23H27N3O3. The minimum absolute atomic E-state index is 0.00221. The van der Waals surface area contributed by atoms with Crippen molar-refractivity contribution in [2.75, 3.05) is 25.0 Å². The molecule has 2 aromatic carbocycles. The molecule has 152 valence electrons. The first-order valence-corrected chi connectivity index (χ1v) is 10.2. The molecule has 1 saturated heterocycles. The fourth-order valence-electron chi connectivity index (χ4n) is 4.03. The van der Waals surface area contributed by atoms with E-state index in [9.17, 15) is 9.59 Å². The van der Waals surface area contributed by atoms with Crippen LogP contribution in [0.5, 0.6) is 5.75 Å². The second kappa shape index (κ2) is 8.55. The molecule has 0 aromatic heterocycles. The van der Waals surface area contributed by atoms with Crippen LogP contribution in [-0.2, 0) is 11.2 Å². The number of hydrogen-bond donors (Lipinski definition) is 2. The van der Waals surface area contributed by atoms with Crippen molar-refractivity contribution in [2.24, 2.45) is 5.92 Å².